The second-order valence-corrected chi connectivity index (χ2v) is 7.47. The number of nitriles is 1. The van der Waals surface area contributed by atoms with Crippen molar-refractivity contribution in [2.75, 3.05) is 20.3 Å². The molecule has 4 heteroatoms. The van der Waals surface area contributed by atoms with Crippen LogP contribution in [0.3, 0.4) is 0 Å². The largest absolute Gasteiger partial charge is 0.381 e. The predicted octanol–water partition coefficient (Wildman–Crippen LogP) is 4.83. The molecule has 1 heterocycles. The third kappa shape index (κ3) is 5.72. The molecule has 2 aliphatic rings. The molecule has 0 aromatic rings. The molecule has 1 saturated heterocycles. The summed E-state index contributed by atoms with van der Waals surface area (Å²) in [6.07, 6.45) is 12.5. The monoisotopic (exact) mass is 337 g/mol. The van der Waals surface area contributed by atoms with Gasteiger partial charge < -0.3 is 14.2 Å². The van der Waals surface area contributed by atoms with Crippen LogP contribution in [-0.4, -0.2) is 32.2 Å². The minimum atomic E-state index is -0.410. The number of hydrogen-bond acceptors (Lipinski definition) is 4. The Kier molecular flexibility index (Phi) is 8.52. The van der Waals surface area contributed by atoms with Gasteiger partial charge in [0.1, 0.15) is 0 Å². The quantitative estimate of drug-likeness (QED) is 0.536. The molecule has 4 nitrogen and oxygen atoms in total. The highest BCUT2D eigenvalue weighted by Crippen LogP contribution is 2.37. The third-order valence-electron chi connectivity index (χ3n) is 5.85. The summed E-state index contributed by atoms with van der Waals surface area (Å²) in [6, 6.07) is 2.57. The third-order valence-corrected chi connectivity index (χ3v) is 5.85. The van der Waals surface area contributed by atoms with Gasteiger partial charge in [-0.1, -0.05) is 26.2 Å². The van der Waals surface area contributed by atoms with Crippen LogP contribution in [0.5, 0.6) is 0 Å². The van der Waals surface area contributed by atoms with Gasteiger partial charge in [0.15, 0.2) is 5.79 Å². The lowest BCUT2D eigenvalue weighted by molar-refractivity contribution is -0.170. The van der Waals surface area contributed by atoms with Gasteiger partial charge in [0.2, 0.25) is 0 Å². The molecule has 1 aliphatic heterocycles. The molecule has 1 unspecified atom stereocenters. The first-order chi connectivity index (χ1) is 11.7. The van der Waals surface area contributed by atoms with Crippen LogP contribution < -0.4 is 0 Å². The number of nitrogens with zero attached hydrogens (tertiary/aromatic N) is 1. The normalized spacial score (nSPS) is 27.7. The van der Waals surface area contributed by atoms with E-state index in [2.05, 4.69) is 13.0 Å². The zero-order valence-electron chi connectivity index (χ0n) is 15.6. The number of ether oxygens (including phenoxy) is 3. The Morgan fingerprint density at radius 3 is 2.38 bits per heavy atom. The lowest BCUT2D eigenvalue weighted by Gasteiger charge is -2.33. The van der Waals surface area contributed by atoms with Gasteiger partial charge in [0.25, 0.3) is 0 Å². The Balaban J connectivity index is 1.80. The molecule has 1 aliphatic carbocycles. The first kappa shape index (κ1) is 19.7. The van der Waals surface area contributed by atoms with E-state index in [1.165, 1.54) is 19.3 Å². The first-order valence-corrected chi connectivity index (χ1v) is 9.93. The van der Waals surface area contributed by atoms with Gasteiger partial charge in [-0.05, 0) is 44.4 Å². The van der Waals surface area contributed by atoms with Crippen LogP contribution in [0.1, 0.15) is 77.6 Å². The van der Waals surface area contributed by atoms with E-state index >= 15 is 0 Å². The highest BCUT2D eigenvalue weighted by molar-refractivity contribution is 4.92. The molecule has 138 valence electrons. The van der Waals surface area contributed by atoms with Crippen LogP contribution >= 0.6 is 0 Å². The summed E-state index contributed by atoms with van der Waals surface area (Å²) in [4.78, 5) is 0. The van der Waals surface area contributed by atoms with Gasteiger partial charge >= 0.3 is 0 Å². The van der Waals surface area contributed by atoms with Crippen molar-refractivity contribution in [3.05, 3.63) is 0 Å². The molecule has 24 heavy (non-hydrogen) atoms. The standard InChI is InChI=1S/C20H35NO3/c1-3-4-5-6-12-20(23-14-15-24-20)13-11-18(16-21)17-7-9-19(22-2)10-8-17/h17-19H,3-15H2,1-2H3/t17-,18?,19-. The zero-order chi connectivity index (χ0) is 17.3. The van der Waals surface area contributed by atoms with Crippen LogP contribution in [-0.2, 0) is 14.2 Å². The van der Waals surface area contributed by atoms with E-state index in [1.54, 1.807) is 7.11 Å². The fourth-order valence-electron chi connectivity index (χ4n) is 4.24. The van der Waals surface area contributed by atoms with Gasteiger partial charge in [-0.3, -0.25) is 0 Å². The van der Waals surface area contributed by atoms with Crippen molar-refractivity contribution < 1.29 is 14.2 Å². The Morgan fingerprint density at radius 2 is 1.79 bits per heavy atom. The number of unbranched alkanes of at least 4 members (excludes halogenated alkanes) is 3. The highest BCUT2D eigenvalue weighted by Gasteiger charge is 2.37. The number of rotatable bonds is 10. The fraction of sp³-hybridized carbons (Fsp3) is 0.950. The fourth-order valence-corrected chi connectivity index (χ4v) is 4.24. The maximum Gasteiger partial charge on any atom is 0.168 e. The van der Waals surface area contributed by atoms with Crippen LogP contribution in [0.4, 0.5) is 0 Å². The summed E-state index contributed by atoms with van der Waals surface area (Å²) < 4.78 is 17.4. The summed E-state index contributed by atoms with van der Waals surface area (Å²) in [6.45, 7) is 3.63. The second-order valence-electron chi connectivity index (χ2n) is 7.47. The molecular formula is C20H35NO3. The number of methoxy groups -OCH3 is 1. The van der Waals surface area contributed by atoms with Gasteiger partial charge in [0.05, 0.1) is 25.4 Å². The molecule has 0 aromatic carbocycles. The summed E-state index contributed by atoms with van der Waals surface area (Å²) in [5.41, 5.74) is 0. The Labute approximate surface area is 147 Å². The molecule has 1 atom stereocenters. The minimum Gasteiger partial charge on any atom is -0.381 e. The van der Waals surface area contributed by atoms with Gasteiger partial charge in [0, 0.05) is 25.9 Å². The Hall–Kier alpha value is -0.630. The SMILES string of the molecule is CCCCCCC1(CCC(C#N)[C@H]2CC[C@H](OC)CC2)OCCO1. The first-order valence-electron chi connectivity index (χ1n) is 9.93. The Morgan fingerprint density at radius 1 is 1.08 bits per heavy atom. The molecule has 0 bridgehead atoms. The van der Waals surface area contributed by atoms with E-state index in [-0.39, 0.29) is 5.92 Å². The highest BCUT2D eigenvalue weighted by atomic mass is 16.7. The molecular weight excluding hydrogens is 302 g/mol. The molecule has 0 amide bonds. The van der Waals surface area contributed by atoms with Gasteiger partial charge in [-0.15, -0.1) is 0 Å². The second kappa shape index (κ2) is 10.4. The van der Waals surface area contributed by atoms with E-state index in [1.807, 2.05) is 0 Å². The van der Waals surface area contributed by atoms with E-state index < -0.39 is 5.79 Å². The molecule has 0 aromatic heterocycles. The van der Waals surface area contributed by atoms with Gasteiger partial charge in [-0.2, -0.15) is 5.26 Å². The maximum absolute atomic E-state index is 9.64. The van der Waals surface area contributed by atoms with Crippen LogP contribution in [0.15, 0.2) is 0 Å². The lowest BCUT2D eigenvalue weighted by Crippen LogP contribution is -2.32. The predicted molar refractivity (Wildman–Crippen MR) is 94.5 cm³/mol. The zero-order valence-corrected chi connectivity index (χ0v) is 15.6. The van der Waals surface area contributed by atoms with Crippen molar-refractivity contribution in [2.45, 2.75) is 89.4 Å². The van der Waals surface area contributed by atoms with Crippen molar-refractivity contribution in [1.29, 1.82) is 5.26 Å². The Bertz CT molecular complexity index is 379. The summed E-state index contributed by atoms with van der Waals surface area (Å²) in [5, 5.41) is 9.64. The van der Waals surface area contributed by atoms with E-state index in [0.29, 0.717) is 25.2 Å². The maximum atomic E-state index is 9.64. The van der Waals surface area contributed by atoms with Crippen LogP contribution in [0.2, 0.25) is 0 Å². The van der Waals surface area contributed by atoms with Crippen molar-refractivity contribution in [2.24, 2.45) is 11.8 Å². The van der Waals surface area contributed by atoms with E-state index in [9.17, 15) is 5.26 Å². The molecule has 2 fully saturated rings. The van der Waals surface area contributed by atoms with Crippen LogP contribution in [0.25, 0.3) is 0 Å². The molecule has 1 saturated carbocycles. The molecule has 0 spiro atoms. The summed E-state index contributed by atoms with van der Waals surface area (Å²) in [7, 11) is 1.80. The molecule has 0 N–H and O–H groups in total. The van der Waals surface area contributed by atoms with Crippen molar-refractivity contribution in [3.63, 3.8) is 0 Å². The summed E-state index contributed by atoms with van der Waals surface area (Å²) >= 11 is 0. The van der Waals surface area contributed by atoms with Crippen LogP contribution in [0, 0.1) is 23.2 Å². The van der Waals surface area contributed by atoms with Gasteiger partial charge in [-0.25, -0.2) is 0 Å². The lowest BCUT2D eigenvalue weighted by atomic mass is 9.77. The van der Waals surface area contributed by atoms with E-state index in [0.717, 1.165) is 51.4 Å². The average molecular weight is 338 g/mol. The van der Waals surface area contributed by atoms with Crippen molar-refractivity contribution in [3.8, 4) is 6.07 Å². The molecule has 2 rings (SSSR count). The van der Waals surface area contributed by atoms with Crippen molar-refractivity contribution >= 4 is 0 Å². The molecule has 0 radical (unpaired) electrons. The van der Waals surface area contributed by atoms with Crippen molar-refractivity contribution in [1.82, 2.24) is 0 Å². The topological polar surface area (TPSA) is 51.5 Å². The average Bonchev–Trinajstić information content (AvgIpc) is 3.09. The smallest absolute Gasteiger partial charge is 0.168 e. The number of hydrogen-bond donors (Lipinski definition) is 0. The summed E-state index contributed by atoms with van der Waals surface area (Å²) in [5.74, 6) is 0.232. The minimum absolute atomic E-state index is 0.128. The van der Waals surface area contributed by atoms with E-state index in [4.69, 9.17) is 14.2 Å².